The molecule has 0 amide bonds. The van der Waals surface area contributed by atoms with E-state index in [0.717, 1.165) is 5.56 Å². The van der Waals surface area contributed by atoms with Crippen LogP contribution in [0.5, 0.6) is 11.5 Å². The molecule has 12 nitrogen and oxygen atoms in total. The predicted molar refractivity (Wildman–Crippen MR) is 115 cm³/mol. The van der Waals surface area contributed by atoms with Gasteiger partial charge >= 0.3 is 0 Å². The lowest BCUT2D eigenvalue weighted by atomic mass is 9.98. The molecule has 2 heterocycles. The van der Waals surface area contributed by atoms with Crippen LogP contribution in [0.15, 0.2) is 24.3 Å². The van der Waals surface area contributed by atoms with E-state index in [4.69, 9.17) is 23.7 Å². The molecule has 0 aromatic heterocycles. The maximum Gasteiger partial charge on any atom is 0.229 e. The van der Waals surface area contributed by atoms with Gasteiger partial charge in [0.1, 0.15) is 48.8 Å². The van der Waals surface area contributed by atoms with Crippen LogP contribution < -0.4 is 9.47 Å². The average molecular weight is 488 g/mol. The SMILES string of the molecule is C/C=C\c1ccc(O[C@@H]2O[C@H](CO[C@@H]3O[C@H](CO)[C@@H](O)[C@H](O)[C@H]3O)[C@@H](O)[C@H](O)[C@H]2O)c(OC)c1. The molecule has 0 saturated carbocycles. The summed E-state index contributed by atoms with van der Waals surface area (Å²) in [7, 11) is 1.44. The standard InChI is InChI=1S/C22H32O12/c1-3-4-10-5-6-11(12(7-10)30-2)32-22-20(29)18(27)16(25)14(34-22)9-31-21-19(28)17(26)15(24)13(8-23)33-21/h3-7,13-29H,8-9H2,1-2H3/b4-3-/t13-,14-,15-,16-,17+,18+,19-,20-,21-,22-/m1/s1. The summed E-state index contributed by atoms with van der Waals surface area (Å²) in [4.78, 5) is 0. The van der Waals surface area contributed by atoms with Crippen molar-refractivity contribution in [2.75, 3.05) is 20.3 Å². The third kappa shape index (κ3) is 5.69. The second-order valence-corrected chi connectivity index (χ2v) is 8.07. The zero-order valence-corrected chi connectivity index (χ0v) is 18.7. The first-order valence-corrected chi connectivity index (χ1v) is 10.8. The van der Waals surface area contributed by atoms with Crippen molar-refractivity contribution in [3.05, 3.63) is 29.8 Å². The van der Waals surface area contributed by atoms with Gasteiger partial charge in [-0.25, -0.2) is 0 Å². The van der Waals surface area contributed by atoms with Crippen molar-refractivity contribution in [2.24, 2.45) is 0 Å². The van der Waals surface area contributed by atoms with E-state index in [0.29, 0.717) is 5.75 Å². The zero-order chi connectivity index (χ0) is 25.0. The van der Waals surface area contributed by atoms with Crippen LogP contribution >= 0.6 is 0 Å². The molecular formula is C22H32O12. The van der Waals surface area contributed by atoms with Crippen LogP contribution in [0.2, 0.25) is 0 Å². The van der Waals surface area contributed by atoms with Gasteiger partial charge in [0.05, 0.1) is 20.3 Å². The average Bonchev–Trinajstić information content (AvgIpc) is 2.84. The van der Waals surface area contributed by atoms with Crippen LogP contribution in [0.4, 0.5) is 0 Å². The van der Waals surface area contributed by atoms with Crippen molar-refractivity contribution in [3.8, 4) is 11.5 Å². The Bertz CT molecular complexity index is 817. The number of aliphatic hydroxyl groups is 7. The Morgan fingerprint density at radius 3 is 2.06 bits per heavy atom. The van der Waals surface area contributed by atoms with E-state index in [1.54, 1.807) is 18.2 Å². The molecule has 2 fully saturated rings. The smallest absolute Gasteiger partial charge is 0.229 e. The summed E-state index contributed by atoms with van der Waals surface area (Å²) in [6.45, 7) is 0.774. The predicted octanol–water partition coefficient (Wildman–Crippen LogP) is -2.27. The lowest BCUT2D eigenvalue weighted by Crippen LogP contribution is -2.62. The van der Waals surface area contributed by atoms with Gasteiger partial charge in [-0.05, 0) is 24.6 Å². The Balaban J connectivity index is 1.69. The van der Waals surface area contributed by atoms with Crippen LogP contribution in [0.3, 0.4) is 0 Å². The van der Waals surface area contributed by atoms with E-state index < -0.39 is 74.6 Å². The van der Waals surface area contributed by atoms with Crippen molar-refractivity contribution >= 4 is 6.08 Å². The highest BCUT2D eigenvalue weighted by atomic mass is 16.7. The molecule has 7 N–H and O–H groups in total. The molecule has 12 heteroatoms. The quantitative estimate of drug-likeness (QED) is 0.208. The molecule has 2 aliphatic heterocycles. The molecule has 1 aromatic rings. The van der Waals surface area contributed by atoms with Gasteiger partial charge in [-0.2, -0.15) is 0 Å². The normalized spacial score (nSPS) is 38.7. The highest BCUT2D eigenvalue weighted by molar-refractivity contribution is 5.55. The van der Waals surface area contributed by atoms with Gasteiger partial charge in [0.15, 0.2) is 17.8 Å². The molecule has 0 spiro atoms. The lowest BCUT2D eigenvalue weighted by molar-refractivity contribution is -0.323. The first-order chi connectivity index (χ1) is 16.2. The summed E-state index contributed by atoms with van der Waals surface area (Å²) in [6.07, 6.45) is -11.3. The molecular weight excluding hydrogens is 456 g/mol. The molecule has 3 rings (SSSR count). The van der Waals surface area contributed by atoms with Crippen molar-refractivity contribution in [1.29, 1.82) is 0 Å². The number of ether oxygens (including phenoxy) is 5. The first-order valence-electron chi connectivity index (χ1n) is 10.8. The van der Waals surface area contributed by atoms with Crippen LogP contribution in [-0.4, -0.2) is 117 Å². The van der Waals surface area contributed by atoms with Gasteiger partial charge in [0.25, 0.3) is 0 Å². The fourth-order valence-corrected chi connectivity index (χ4v) is 3.75. The molecule has 192 valence electrons. The third-order valence-electron chi connectivity index (χ3n) is 5.73. The lowest BCUT2D eigenvalue weighted by Gasteiger charge is -2.42. The van der Waals surface area contributed by atoms with E-state index in [1.807, 2.05) is 19.1 Å². The number of hydrogen-bond acceptors (Lipinski definition) is 12. The summed E-state index contributed by atoms with van der Waals surface area (Å²) >= 11 is 0. The van der Waals surface area contributed by atoms with Gasteiger partial charge in [-0.1, -0.05) is 18.2 Å². The maximum atomic E-state index is 10.4. The zero-order valence-electron chi connectivity index (χ0n) is 18.7. The number of methoxy groups -OCH3 is 1. The van der Waals surface area contributed by atoms with Crippen LogP contribution in [0.25, 0.3) is 6.08 Å². The van der Waals surface area contributed by atoms with E-state index in [-0.39, 0.29) is 5.75 Å². The molecule has 2 saturated heterocycles. The van der Waals surface area contributed by atoms with E-state index in [1.165, 1.54) is 7.11 Å². The van der Waals surface area contributed by atoms with Gasteiger partial charge in [-0.15, -0.1) is 0 Å². The second kappa shape index (κ2) is 11.7. The summed E-state index contributed by atoms with van der Waals surface area (Å²) < 4.78 is 27.3. The molecule has 0 unspecified atom stereocenters. The molecule has 1 aromatic carbocycles. The van der Waals surface area contributed by atoms with Crippen molar-refractivity contribution in [3.63, 3.8) is 0 Å². The van der Waals surface area contributed by atoms with Crippen molar-refractivity contribution in [2.45, 2.75) is 68.3 Å². The topological polar surface area (TPSA) is 188 Å². The largest absolute Gasteiger partial charge is 0.493 e. The molecule has 0 bridgehead atoms. The van der Waals surface area contributed by atoms with Crippen LogP contribution in [0.1, 0.15) is 12.5 Å². The summed E-state index contributed by atoms with van der Waals surface area (Å²) in [6, 6.07) is 5.05. The molecule has 0 aliphatic carbocycles. The number of rotatable bonds is 8. The molecule has 10 atom stereocenters. The van der Waals surface area contributed by atoms with E-state index in [2.05, 4.69) is 0 Å². The Morgan fingerprint density at radius 2 is 1.44 bits per heavy atom. The first kappa shape index (κ1) is 26.8. The number of allylic oxidation sites excluding steroid dienone is 1. The van der Waals surface area contributed by atoms with Crippen molar-refractivity contribution < 1.29 is 59.4 Å². The maximum absolute atomic E-state index is 10.4. The number of hydrogen-bond donors (Lipinski definition) is 7. The molecule has 34 heavy (non-hydrogen) atoms. The van der Waals surface area contributed by atoms with Gasteiger partial charge in [0, 0.05) is 0 Å². The van der Waals surface area contributed by atoms with Crippen LogP contribution in [0, 0.1) is 0 Å². The minimum absolute atomic E-state index is 0.219. The molecule has 2 aliphatic rings. The monoisotopic (exact) mass is 488 g/mol. The van der Waals surface area contributed by atoms with Gasteiger partial charge in [0.2, 0.25) is 6.29 Å². The Morgan fingerprint density at radius 1 is 0.824 bits per heavy atom. The highest BCUT2D eigenvalue weighted by Crippen LogP contribution is 2.33. The van der Waals surface area contributed by atoms with Crippen molar-refractivity contribution in [1.82, 2.24) is 0 Å². The van der Waals surface area contributed by atoms with E-state index in [9.17, 15) is 35.7 Å². The van der Waals surface area contributed by atoms with Gasteiger partial charge < -0.3 is 59.4 Å². The van der Waals surface area contributed by atoms with Crippen LogP contribution in [-0.2, 0) is 14.2 Å². The third-order valence-corrected chi connectivity index (χ3v) is 5.73. The summed E-state index contributed by atoms with van der Waals surface area (Å²) in [5.41, 5.74) is 0.845. The van der Waals surface area contributed by atoms with E-state index >= 15 is 0 Å². The number of aliphatic hydroxyl groups excluding tert-OH is 7. The highest BCUT2D eigenvalue weighted by Gasteiger charge is 2.48. The molecule has 0 radical (unpaired) electrons. The van der Waals surface area contributed by atoms with Gasteiger partial charge in [-0.3, -0.25) is 0 Å². The summed E-state index contributed by atoms with van der Waals surface area (Å²) in [5.74, 6) is 0.568. The fourth-order valence-electron chi connectivity index (χ4n) is 3.75. The summed E-state index contributed by atoms with van der Waals surface area (Å²) in [5, 5.41) is 70.1. The second-order valence-electron chi connectivity index (χ2n) is 8.07. The minimum atomic E-state index is -1.66. The number of benzene rings is 1. The Labute approximate surface area is 196 Å². The fraction of sp³-hybridized carbons (Fsp3) is 0.636. The Hall–Kier alpha value is -1.84. The Kier molecular flexibility index (Phi) is 9.23. The minimum Gasteiger partial charge on any atom is -0.493 e.